The molecule has 1 aromatic heterocycles. The summed E-state index contributed by atoms with van der Waals surface area (Å²) in [7, 11) is -7.34. The summed E-state index contributed by atoms with van der Waals surface area (Å²) >= 11 is 2.74. The quantitative estimate of drug-likeness (QED) is 0.834. The first-order valence-corrected chi connectivity index (χ1v) is 11.7. The van der Waals surface area contributed by atoms with Crippen molar-refractivity contribution in [3.8, 4) is 0 Å². The van der Waals surface area contributed by atoms with Gasteiger partial charge in [-0.05, 0) is 17.9 Å². The number of aryl methyl sites for hydroxylation is 1. The van der Waals surface area contributed by atoms with Crippen molar-refractivity contribution in [3.63, 3.8) is 0 Å². The summed E-state index contributed by atoms with van der Waals surface area (Å²) in [6.45, 7) is 2.03. The number of sulfonamides is 1. The maximum atomic E-state index is 12.9. The summed E-state index contributed by atoms with van der Waals surface area (Å²) < 4.78 is 50.8. The topological polar surface area (TPSA) is 97.5 Å². The van der Waals surface area contributed by atoms with Crippen molar-refractivity contribution in [2.24, 2.45) is 5.73 Å². The van der Waals surface area contributed by atoms with Crippen molar-refractivity contribution in [2.45, 2.75) is 23.7 Å². The molecule has 1 atom stereocenters. The molecule has 1 aromatic rings. The Morgan fingerprint density at radius 2 is 2.05 bits per heavy atom. The van der Waals surface area contributed by atoms with Crippen molar-refractivity contribution in [1.82, 2.24) is 4.31 Å². The third kappa shape index (κ3) is 3.30. The maximum Gasteiger partial charge on any atom is 0.245 e. The summed E-state index contributed by atoms with van der Waals surface area (Å²) in [5.74, 6) is 0.853. The molecule has 6 nitrogen and oxygen atoms in total. The van der Waals surface area contributed by atoms with Crippen LogP contribution in [0.3, 0.4) is 0 Å². The molecular weight excluding hydrogens is 352 g/mol. The van der Waals surface area contributed by atoms with Crippen molar-refractivity contribution < 1.29 is 16.8 Å². The minimum Gasteiger partial charge on any atom is -0.326 e. The lowest BCUT2D eigenvalue weighted by Crippen LogP contribution is -2.49. The SMILES string of the molecule is Cc1csc(CN)c1S(=O)(=O)N1CCSCC1S(C)(=O)=O. The van der Waals surface area contributed by atoms with Crippen LogP contribution in [0.15, 0.2) is 10.3 Å². The van der Waals surface area contributed by atoms with Gasteiger partial charge < -0.3 is 5.73 Å². The molecule has 0 aromatic carbocycles. The Balaban J connectivity index is 2.53. The van der Waals surface area contributed by atoms with Crippen LogP contribution in [0.4, 0.5) is 0 Å². The van der Waals surface area contributed by atoms with Crippen molar-refractivity contribution in [2.75, 3.05) is 24.3 Å². The molecule has 2 N–H and O–H groups in total. The van der Waals surface area contributed by atoms with E-state index in [1.807, 2.05) is 0 Å². The molecule has 1 saturated heterocycles. The molecule has 0 bridgehead atoms. The first kappa shape index (κ1) is 17.2. The molecule has 1 aliphatic heterocycles. The number of thioether (sulfide) groups is 1. The fourth-order valence-corrected chi connectivity index (χ4v) is 9.10. The van der Waals surface area contributed by atoms with E-state index in [-0.39, 0.29) is 23.7 Å². The highest BCUT2D eigenvalue weighted by atomic mass is 32.2. The van der Waals surface area contributed by atoms with Crippen LogP contribution in [0.2, 0.25) is 0 Å². The van der Waals surface area contributed by atoms with Crippen LogP contribution in [-0.2, 0) is 26.4 Å². The molecular formula is C11H18N2O4S4. The van der Waals surface area contributed by atoms with Crippen LogP contribution in [-0.4, -0.2) is 50.8 Å². The second-order valence-corrected chi connectivity index (χ2v) is 11.0. The van der Waals surface area contributed by atoms with Crippen molar-refractivity contribution in [1.29, 1.82) is 0 Å². The average Bonchev–Trinajstić information content (AvgIpc) is 2.79. The molecule has 2 rings (SSSR count). The van der Waals surface area contributed by atoms with Crippen LogP contribution in [0, 0.1) is 6.92 Å². The van der Waals surface area contributed by atoms with Gasteiger partial charge in [0.2, 0.25) is 10.0 Å². The number of hydrogen-bond donors (Lipinski definition) is 1. The second-order valence-electron chi connectivity index (χ2n) is 4.85. The van der Waals surface area contributed by atoms with Crippen LogP contribution in [0.25, 0.3) is 0 Å². The number of sulfone groups is 1. The Kier molecular flexibility index (Phi) is 5.06. The van der Waals surface area contributed by atoms with E-state index in [1.54, 1.807) is 12.3 Å². The Labute approximate surface area is 133 Å². The molecule has 21 heavy (non-hydrogen) atoms. The summed E-state index contributed by atoms with van der Waals surface area (Å²) in [4.78, 5) is 0.744. The Morgan fingerprint density at radius 1 is 1.38 bits per heavy atom. The molecule has 0 aliphatic carbocycles. The van der Waals surface area contributed by atoms with Gasteiger partial charge in [0, 0.05) is 35.7 Å². The Bertz CT molecular complexity index is 723. The molecule has 1 unspecified atom stereocenters. The first-order valence-electron chi connectivity index (χ1n) is 6.25. The lowest BCUT2D eigenvalue weighted by Gasteiger charge is -2.33. The summed E-state index contributed by atoms with van der Waals surface area (Å²) in [6.07, 6.45) is 1.08. The van der Waals surface area contributed by atoms with E-state index in [4.69, 9.17) is 5.73 Å². The van der Waals surface area contributed by atoms with Crippen LogP contribution >= 0.6 is 23.1 Å². The van der Waals surface area contributed by atoms with Gasteiger partial charge in [-0.25, -0.2) is 16.8 Å². The smallest absolute Gasteiger partial charge is 0.245 e. The highest BCUT2D eigenvalue weighted by Gasteiger charge is 2.41. The predicted molar refractivity (Wildman–Crippen MR) is 86.8 cm³/mol. The summed E-state index contributed by atoms with van der Waals surface area (Å²) in [5.41, 5.74) is 6.23. The molecule has 120 valence electrons. The number of nitrogens with zero attached hydrogens (tertiary/aromatic N) is 1. The fraction of sp³-hybridized carbons (Fsp3) is 0.636. The van der Waals surface area contributed by atoms with Gasteiger partial charge in [-0.1, -0.05) is 0 Å². The molecule has 1 fully saturated rings. The third-order valence-corrected chi connectivity index (χ3v) is 9.44. The molecule has 0 saturated carbocycles. The van der Waals surface area contributed by atoms with Crippen LogP contribution in [0.5, 0.6) is 0 Å². The summed E-state index contributed by atoms with van der Waals surface area (Å²) in [6, 6.07) is 0. The molecule has 0 amide bonds. The number of rotatable bonds is 4. The van der Waals surface area contributed by atoms with Gasteiger partial charge in [-0.2, -0.15) is 16.1 Å². The molecule has 0 radical (unpaired) electrons. The van der Waals surface area contributed by atoms with E-state index in [0.29, 0.717) is 16.2 Å². The van der Waals surface area contributed by atoms with Crippen molar-refractivity contribution >= 4 is 43.0 Å². The highest BCUT2D eigenvalue weighted by Crippen LogP contribution is 2.33. The lowest BCUT2D eigenvalue weighted by molar-refractivity contribution is 0.404. The third-order valence-electron chi connectivity index (χ3n) is 3.27. The monoisotopic (exact) mass is 370 g/mol. The molecule has 1 aliphatic rings. The Morgan fingerprint density at radius 3 is 2.62 bits per heavy atom. The van der Waals surface area contributed by atoms with E-state index in [9.17, 15) is 16.8 Å². The fourth-order valence-electron chi connectivity index (χ4n) is 2.27. The van der Waals surface area contributed by atoms with Gasteiger partial charge in [0.1, 0.15) is 10.3 Å². The first-order chi connectivity index (χ1) is 9.69. The standard InChI is InChI=1S/C11H18N2O4S4/c1-8-6-19-9(5-12)11(8)21(16,17)13-3-4-18-7-10(13)20(2,14)15/h6,10H,3-5,7,12H2,1-2H3. The van der Waals surface area contributed by atoms with Gasteiger partial charge in [0.05, 0.1) is 0 Å². The maximum absolute atomic E-state index is 12.9. The average molecular weight is 371 g/mol. The van der Waals surface area contributed by atoms with E-state index in [0.717, 1.165) is 10.6 Å². The zero-order valence-corrected chi connectivity index (χ0v) is 15.0. The number of nitrogens with two attached hydrogens (primary N) is 1. The van der Waals surface area contributed by atoms with Gasteiger partial charge in [-0.3, -0.25) is 0 Å². The Hall–Kier alpha value is -0.130. The van der Waals surface area contributed by atoms with Gasteiger partial charge >= 0.3 is 0 Å². The van der Waals surface area contributed by atoms with E-state index in [2.05, 4.69) is 0 Å². The lowest BCUT2D eigenvalue weighted by atomic mass is 10.3. The minimum atomic E-state index is -3.85. The highest BCUT2D eigenvalue weighted by molar-refractivity contribution is 8.01. The van der Waals surface area contributed by atoms with E-state index < -0.39 is 25.2 Å². The zero-order chi connectivity index (χ0) is 15.8. The normalized spacial score (nSPS) is 21.6. The number of thiophene rings is 1. The minimum absolute atomic E-state index is 0.124. The van der Waals surface area contributed by atoms with E-state index >= 15 is 0 Å². The largest absolute Gasteiger partial charge is 0.326 e. The van der Waals surface area contributed by atoms with Gasteiger partial charge in [0.25, 0.3) is 0 Å². The predicted octanol–water partition coefficient (Wildman–Crippen LogP) is 0.623. The van der Waals surface area contributed by atoms with Crippen LogP contribution < -0.4 is 5.73 Å². The summed E-state index contributed by atoms with van der Waals surface area (Å²) in [5, 5.41) is 0.731. The molecule has 10 heteroatoms. The van der Waals surface area contributed by atoms with Crippen LogP contribution in [0.1, 0.15) is 10.4 Å². The zero-order valence-electron chi connectivity index (χ0n) is 11.8. The molecule has 0 spiro atoms. The molecule has 2 heterocycles. The van der Waals surface area contributed by atoms with Gasteiger partial charge in [0.15, 0.2) is 9.84 Å². The van der Waals surface area contributed by atoms with Crippen molar-refractivity contribution in [3.05, 3.63) is 15.8 Å². The second kappa shape index (κ2) is 6.17. The number of hydrogen-bond acceptors (Lipinski definition) is 7. The van der Waals surface area contributed by atoms with Gasteiger partial charge in [-0.15, -0.1) is 11.3 Å². The van der Waals surface area contributed by atoms with E-state index in [1.165, 1.54) is 23.1 Å².